The van der Waals surface area contributed by atoms with Gasteiger partial charge in [-0.1, -0.05) is 103 Å². The van der Waals surface area contributed by atoms with Crippen LogP contribution in [0.25, 0.3) is 54.2 Å². The molecule has 0 amide bonds. The maximum atomic E-state index is 2.30. The normalized spacial score (nSPS) is 11.6. The number of rotatable bonds is 1. The van der Waals surface area contributed by atoms with Crippen molar-refractivity contribution in [3.8, 4) is 11.1 Å². The largest absolute Gasteiger partial charge is 0.0616 e. The molecular weight excluding hydrogens is 336 g/mol. The molecule has 0 aliphatic carbocycles. The smallest absolute Gasteiger partial charge is 0.00206 e. The minimum absolute atomic E-state index is 1.29. The highest BCUT2D eigenvalue weighted by Crippen LogP contribution is 2.40. The summed E-state index contributed by atoms with van der Waals surface area (Å²) in [5.74, 6) is 0. The molecule has 6 aromatic carbocycles. The predicted octanol–water partition coefficient (Wildman–Crippen LogP) is 7.97. The Morgan fingerprint density at radius 3 is 1.61 bits per heavy atom. The van der Waals surface area contributed by atoms with Crippen molar-refractivity contribution < 1.29 is 0 Å². The standard InChI is InChI=1S/C28H18/c1-4-11-22-19(8-1)16-17-26-25(22)14-7-15-27(26)28-23-12-5-2-9-20(23)18-21-10-3-6-13-24(21)28/h1-18H. The lowest BCUT2D eigenvalue weighted by molar-refractivity contribution is 1.71. The number of hydrogen-bond acceptors (Lipinski definition) is 0. The molecule has 0 aliphatic rings. The van der Waals surface area contributed by atoms with Crippen LogP contribution in [0.5, 0.6) is 0 Å². The summed E-state index contributed by atoms with van der Waals surface area (Å²) in [7, 11) is 0. The molecule has 28 heavy (non-hydrogen) atoms. The molecule has 0 unspecified atom stereocenters. The topological polar surface area (TPSA) is 0 Å². The molecular formula is C28H18. The van der Waals surface area contributed by atoms with E-state index in [1.165, 1.54) is 54.2 Å². The van der Waals surface area contributed by atoms with Crippen LogP contribution in [0, 0.1) is 0 Å². The SMILES string of the molecule is c1ccc2c(-c3cccc4c3ccc3ccccc34)c3ccccc3cc2c1. The Labute approximate surface area is 163 Å². The molecule has 0 radical (unpaired) electrons. The van der Waals surface area contributed by atoms with Gasteiger partial charge in [0.15, 0.2) is 0 Å². The Morgan fingerprint density at radius 1 is 0.321 bits per heavy atom. The molecule has 6 rings (SSSR count). The van der Waals surface area contributed by atoms with Crippen LogP contribution in [0.3, 0.4) is 0 Å². The summed E-state index contributed by atoms with van der Waals surface area (Å²) in [5, 5.41) is 10.4. The lowest BCUT2D eigenvalue weighted by Crippen LogP contribution is -1.88. The molecule has 6 aromatic rings. The lowest BCUT2D eigenvalue weighted by atomic mass is 9.88. The lowest BCUT2D eigenvalue weighted by Gasteiger charge is -2.15. The molecule has 0 N–H and O–H groups in total. The van der Waals surface area contributed by atoms with E-state index < -0.39 is 0 Å². The summed E-state index contributed by atoms with van der Waals surface area (Å²) < 4.78 is 0. The molecule has 0 bridgehead atoms. The van der Waals surface area contributed by atoms with Crippen molar-refractivity contribution >= 4 is 43.1 Å². The fourth-order valence-electron chi connectivity index (χ4n) is 4.56. The third kappa shape index (κ3) is 2.18. The molecule has 0 aliphatic heterocycles. The second kappa shape index (κ2) is 5.94. The zero-order valence-corrected chi connectivity index (χ0v) is 15.4. The molecule has 0 aromatic heterocycles. The average Bonchev–Trinajstić information content (AvgIpc) is 2.77. The van der Waals surface area contributed by atoms with Crippen LogP contribution in [0.15, 0.2) is 109 Å². The highest BCUT2D eigenvalue weighted by molar-refractivity contribution is 6.19. The van der Waals surface area contributed by atoms with Crippen molar-refractivity contribution in [2.24, 2.45) is 0 Å². The first-order valence-corrected chi connectivity index (χ1v) is 9.71. The van der Waals surface area contributed by atoms with Crippen molar-refractivity contribution in [1.82, 2.24) is 0 Å². The van der Waals surface area contributed by atoms with Crippen LogP contribution >= 0.6 is 0 Å². The Balaban J connectivity index is 1.83. The Bertz CT molecular complexity index is 1450. The van der Waals surface area contributed by atoms with Crippen LogP contribution in [0.4, 0.5) is 0 Å². The Morgan fingerprint density at radius 2 is 0.893 bits per heavy atom. The van der Waals surface area contributed by atoms with Crippen LogP contribution in [0.1, 0.15) is 0 Å². The molecule has 0 saturated carbocycles. The molecule has 0 heteroatoms. The summed E-state index contributed by atoms with van der Waals surface area (Å²) in [5.41, 5.74) is 2.63. The second-order valence-corrected chi connectivity index (χ2v) is 7.38. The molecule has 130 valence electrons. The fourth-order valence-corrected chi connectivity index (χ4v) is 4.56. The minimum Gasteiger partial charge on any atom is -0.0616 e. The van der Waals surface area contributed by atoms with E-state index in [0.29, 0.717) is 0 Å². The van der Waals surface area contributed by atoms with Crippen molar-refractivity contribution in [3.05, 3.63) is 109 Å². The third-order valence-corrected chi connectivity index (χ3v) is 5.83. The van der Waals surface area contributed by atoms with Gasteiger partial charge in [0.2, 0.25) is 0 Å². The average molecular weight is 354 g/mol. The molecule has 0 nitrogen and oxygen atoms in total. The second-order valence-electron chi connectivity index (χ2n) is 7.38. The summed E-state index contributed by atoms with van der Waals surface area (Å²) >= 11 is 0. The molecule has 0 saturated heterocycles. The van der Waals surface area contributed by atoms with Gasteiger partial charge in [-0.05, 0) is 60.3 Å². The zero-order chi connectivity index (χ0) is 18.5. The van der Waals surface area contributed by atoms with Gasteiger partial charge in [-0.2, -0.15) is 0 Å². The van der Waals surface area contributed by atoms with Gasteiger partial charge in [0, 0.05) is 0 Å². The van der Waals surface area contributed by atoms with E-state index in [1.54, 1.807) is 0 Å². The first kappa shape index (κ1) is 15.4. The first-order valence-electron chi connectivity index (χ1n) is 9.71. The van der Waals surface area contributed by atoms with Gasteiger partial charge in [-0.25, -0.2) is 0 Å². The van der Waals surface area contributed by atoms with Gasteiger partial charge in [0.1, 0.15) is 0 Å². The Kier molecular flexibility index (Phi) is 3.27. The van der Waals surface area contributed by atoms with Gasteiger partial charge >= 0.3 is 0 Å². The highest BCUT2D eigenvalue weighted by atomic mass is 14.2. The van der Waals surface area contributed by atoms with E-state index in [1.807, 2.05) is 0 Å². The van der Waals surface area contributed by atoms with Crippen molar-refractivity contribution in [3.63, 3.8) is 0 Å². The van der Waals surface area contributed by atoms with Gasteiger partial charge < -0.3 is 0 Å². The van der Waals surface area contributed by atoms with Gasteiger partial charge in [0.25, 0.3) is 0 Å². The van der Waals surface area contributed by atoms with E-state index >= 15 is 0 Å². The van der Waals surface area contributed by atoms with E-state index in [4.69, 9.17) is 0 Å². The monoisotopic (exact) mass is 354 g/mol. The minimum atomic E-state index is 1.29. The molecule has 0 atom stereocenters. The highest BCUT2D eigenvalue weighted by Gasteiger charge is 2.13. The summed E-state index contributed by atoms with van der Waals surface area (Å²) in [6.07, 6.45) is 0. The zero-order valence-electron chi connectivity index (χ0n) is 15.4. The number of hydrogen-bond donors (Lipinski definition) is 0. The van der Waals surface area contributed by atoms with E-state index in [9.17, 15) is 0 Å². The number of fused-ring (bicyclic) bond motifs is 5. The maximum absolute atomic E-state index is 2.30. The summed E-state index contributed by atoms with van der Waals surface area (Å²) in [4.78, 5) is 0. The van der Waals surface area contributed by atoms with Crippen molar-refractivity contribution in [1.29, 1.82) is 0 Å². The Hall–Kier alpha value is -3.64. The van der Waals surface area contributed by atoms with Crippen LogP contribution in [-0.4, -0.2) is 0 Å². The molecule has 0 fully saturated rings. The third-order valence-electron chi connectivity index (χ3n) is 5.83. The van der Waals surface area contributed by atoms with E-state index in [2.05, 4.69) is 109 Å². The van der Waals surface area contributed by atoms with Gasteiger partial charge in [-0.3, -0.25) is 0 Å². The van der Waals surface area contributed by atoms with Crippen LogP contribution < -0.4 is 0 Å². The first-order chi connectivity index (χ1) is 13.9. The molecule has 0 spiro atoms. The van der Waals surface area contributed by atoms with Crippen LogP contribution in [0.2, 0.25) is 0 Å². The summed E-state index contributed by atoms with van der Waals surface area (Å²) in [6.45, 7) is 0. The predicted molar refractivity (Wildman–Crippen MR) is 122 cm³/mol. The number of benzene rings is 6. The van der Waals surface area contributed by atoms with E-state index in [0.717, 1.165) is 0 Å². The van der Waals surface area contributed by atoms with Gasteiger partial charge in [-0.15, -0.1) is 0 Å². The van der Waals surface area contributed by atoms with Crippen molar-refractivity contribution in [2.45, 2.75) is 0 Å². The molecule has 0 heterocycles. The van der Waals surface area contributed by atoms with Crippen molar-refractivity contribution in [2.75, 3.05) is 0 Å². The van der Waals surface area contributed by atoms with E-state index in [-0.39, 0.29) is 0 Å². The van der Waals surface area contributed by atoms with Crippen LogP contribution in [-0.2, 0) is 0 Å². The summed E-state index contributed by atoms with van der Waals surface area (Å²) in [6, 6.07) is 39.6. The fraction of sp³-hybridized carbons (Fsp3) is 0. The van der Waals surface area contributed by atoms with Gasteiger partial charge in [0.05, 0.1) is 0 Å². The maximum Gasteiger partial charge on any atom is -0.00206 e. The quantitative estimate of drug-likeness (QED) is 0.207.